The third kappa shape index (κ3) is 2.32. The molecule has 26 heavy (non-hydrogen) atoms. The molecule has 2 aromatic heterocycles. The number of anilines is 1. The molecule has 1 aromatic carbocycles. The lowest BCUT2D eigenvalue weighted by Crippen LogP contribution is -2.22. The molecule has 2 aliphatic rings. The maximum absolute atomic E-state index is 13.7. The molecule has 1 saturated heterocycles. The molecule has 5 rings (SSSR count). The van der Waals surface area contributed by atoms with Gasteiger partial charge in [-0.2, -0.15) is 10.2 Å². The molecule has 0 spiro atoms. The summed E-state index contributed by atoms with van der Waals surface area (Å²) in [5, 5.41) is 13.3. The summed E-state index contributed by atoms with van der Waals surface area (Å²) >= 11 is 0. The largest absolute Gasteiger partial charge is 0.354 e. The standard InChI is InChI=1S/C20H20FN5/c1-12-6-7-18(23-22-12)26-10-14-9-17-19(16(14)11-26)20(24-25(17)2)13-4-3-5-15(21)8-13/h3-8,14,16H,9-11H2,1-2H3/t14-,16+/m0/s1. The van der Waals surface area contributed by atoms with Crippen LogP contribution in [0.25, 0.3) is 11.3 Å². The highest BCUT2D eigenvalue weighted by Crippen LogP contribution is 2.47. The molecule has 0 saturated carbocycles. The molecule has 132 valence electrons. The molecule has 3 heterocycles. The first-order valence-electron chi connectivity index (χ1n) is 8.97. The van der Waals surface area contributed by atoms with Gasteiger partial charge in [-0.1, -0.05) is 12.1 Å². The fraction of sp³-hybridized carbons (Fsp3) is 0.350. The maximum atomic E-state index is 13.7. The smallest absolute Gasteiger partial charge is 0.151 e. The number of fused-ring (bicyclic) bond motifs is 3. The Balaban J connectivity index is 1.52. The highest BCUT2D eigenvalue weighted by atomic mass is 19.1. The number of nitrogens with zero attached hydrogens (tertiary/aromatic N) is 5. The molecule has 0 radical (unpaired) electrons. The Morgan fingerprint density at radius 2 is 2.00 bits per heavy atom. The van der Waals surface area contributed by atoms with Gasteiger partial charge in [-0.05, 0) is 43.5 Å². The monoisotopic (exact) mass is 349 g/mol. The topological polar surface area (TPSA) is 46.8 Å². The Kier molecular flexibility index (Phi) is 3.35. The Morgan fingerprint density at radius 1 is 1.12 bits per heavy atom. The van der Waals surface area contributed by atoms with Gasteiger partial charge in [-0.25, -0.2) is 4.39 Å². The number of rotatable bonds is 2. The zero-order chi connectivity index (χ0) is 17.8. The summed E-state index contributed by atoms with van der Waals surface area (Å²) in [6.45, 7) is 3.83. The van der Waals surface area contributed by atoms with Crippen LogP contribution in [0.15, 0.2) is 36.4 Å². The molecule has 1 aliphatic carbocycles. The van der Waals surface area contributed by atoms with Gasteiger partial charge in [0, 0.05) is 42.9 Å². The minimum atomic E-state index is -0.223. The number of aryl methyl sites for hydroxylation is 2. The van der Waals surface area contributed by atoms with Gasteiger partial charge < -0.3 is 4.90 Å². The van der Waals surface area contributed by atoms with E-state index in [9.17, 15) is 4.39 Å². The van der Waals surface area contributed by atoms with E-state index in [1.54, 1.807) is 12.1 Å². The Labute approximate surface area is 151 Å². The van der Waals surface area contributed by atoms with Crippen molar-refractivity contribution in [3.05, 3.63) is 59.2 Å². The molecule has 5 nitrogen and oxygen atoms in total. The third-order valence-corrected chi connectivity index (χ3v) is 5.68. The van der Waals surface area contributed by atoms with Gasteiger partial charge in [-0.3, -0.25) is 4.68 Å². The molecule has 0 N–H and O–H groups in total. The Morgan fingerprint density at radius 3 is 2.77 bits per heavy atom. The van der Waals surface area contributed by atoms with Crippen molar-refractivity contribution in [3.63, 3.8) is 0 Å². The second-order valence-corrected chi connectivity index (χ2v) is 7.35. The van der Waals surface area contributed by atoms with Crippen LogP contribution in [0.5, 0.6) is 0 Å². The fourth-order valence-corrected chi connectivity index (χ4v) is 4.46. The van der Waals surface area contributed by atoms with Crippen molar-refractivity contribution in [2.24, 2.45) is 13.0 Å². The predicted molar refractivity (Wildman–Crippen MR) is 97.5 cm³/mol. The van der Waals surface area contributed by atoms with E-state index in [4.69, 9.17) is 5.10 Å². The lowest BCUT2D eigenvalue weighted by atomic mass is 9.94. The van der Waals surface area contributed by atoms with Crippen LogP contribution in [0.2, 0.25) is 0 Å². The first-order valence-corrected chi connectivity index (χ1v) is 8.97. The van der Waals surface area contributed by atoms with Gasteiger partial charge in [0.2, 0.25) is 0 Å². The van der Waals surface area contributed by atoms with Crippen LogP contribution in [0.4, 0.5) is 10.2 Å². The predicted octanol–water partition coefficient (Wildman–Crippen LogP) is 3.10. The van der Waals surface area contributed by atoms with E-state index in [0.29, 0.717) is 11.8 Å². The summed E-state index contributed by atoms with van der Waals surface area (Å²) in [6, 6.07) is 10.8. The van der Waals surface area contributed by atoms with Crippen molar-refractivity contribution in [2.45, 2.75) is 19.3 Å². The number of halogens is 1. The summed E-state index contributed by atoms with van der Waals surface area (Å²) in [6.07, 6.45) is 1.01. The van der Waals surface area contributed by atoms with Crippen LogP contribution in [0.3, 0.4) is 0 Å². The molecule has 1 aliphatic heterocycles. The van der Waals surface area contributed by atoms with E-state index >= 15 is 0 Å². The quantitative estimate of drug-likeness (QED) is 0.713. The summed E-state index contributed by atoms with van der Waals surface area (Å²) in [4.78, 5) is 2.31. The van der Waals surface area contributed by atoms with Crippen LogP contribution in [-0.4, -0.2) is 33.1 Å². The molecule has 0 unspecified atom stereocenters. The van der Waals surface area contributed by atoms with Crippen molar-refractivity contribution in [1.82, 2.24) is 20.0 Å². The summed E-state index contributed by atoms with van der Waals surface area (Å²) in [5.74, 6) is 1.66. The molecule has 2 atom stereocenters. The maximum Gasteiger partial charge on any atom is 0.151 e. The first kappa shape index (κ1) is 15.5. The van der Waals surface area contributed by atoms with E-state index in [1.165, 1.54) is 17.3 Å². The molecule has 0 amide bonds. The van der Waals surface area contributed by atoms with Gasteiger partial charge in [0.05, 0.1) is 11.4 Å². The molecular weight excluding hydrogens is 329 g/mol. The van der Waals surface area contributed by atoms with Crippen molar-refractivity contribution in [1.29, 1.82) is 0 Å². The van der Waals surface area contributed by atoms with Gasteiger partial charge in [-0.15, -0.1) is 5.10 Å². The normalized spacial score (nSPS) is 21.1. The van der Waals surface area contributed by atoms with E-state index in [2.05, 4.69) is 15.1 Å². The second kappa shape index (κ2) is 5.62. The van der Waals surface area contributed by atoms with Gasteiger partial charge in [0.25, 0.3) is 0 Å². The van der Waals surface area contributed by atoms with Crippen molar-refractivity contribution >= 4 is 5.82 Å². The van der Waals surface area contributed by atoms with Gasteiger partial charge in [0.15, 0.2) is 5.82 Å². The highest BCUT2D eigenvalue weighted by Gasteiger charge is 2.44. The van der Waals surface area contributed by atoms with Gasteiger partial charge in [0.1, 0.15) is 5.82 Å². The minimum Gasteiger partial charge on any atom is -0.354 e. The van der Waals surface area contributed by atoms with E-state index in [1.807, 2.05) is 36.9 Å². The summed E-state index contributed by atoms with van der Waals surface area (Å²) < 4.78 is 15.7. The Bertz CT molecular complexity index is 978. The summed E-state index contributed by atoms with van der Waals surface area (Å²) in [7, 11) is 1.99. The zero-order valence-corrected chi connectivity index (χ0v) is 14.9. The van der Waals surface area contributed by atoms with Crippen LogP contribution in [-0.2, 0) is 13.5 Å². The SMILES string of the molecule is Cc1ccc(N2C[C@@H]3Cc4c(c(-c5cccc(F)c5)nn4C)[C@@H]3C2)nn1. The number of hydrogen-bond acceptors (Lipinski definition) is 4. The van der Waals surface area contributed by atoms with E-state index in [0.717, 1.165) is 42.3 Å². The van der Waals surface area contributed by atoms with E-state index < -0.39 is 0 Å². The van der Waals surface area contributed by atoms with Crippen LogP contribution >= 0.6 is 0 Å². The number of aromatic nitrogens is 4. The van der Waals surface area contributed by atoms with Crippen LogP contribution in [0, 0.1) is 18.7 Å². The highest BCUT2D eigenvalue weighted by molar-refractivity contribution is 5.67. The van der Waals surface area contributed by atoms with Crippen LogP contribution < -0.4 is 4.90 Å². The molecule has 6 heteroatoms. The molecule has 0 bridgehead atoms. The number of hydrogen-bond donors (Lipinski definition) is 0. The van der Waals surface area contributed by atoms with Crippen molar-refractivity contribution in [2.75, 3.05) is 18.0 Å². The Hall–Kier alpha value is -2.76. The minimum absolute atomic E-state index is 0.223. The lowest BCUT2D eigenvalue weighted by Gasteiger charge is -2.17. The third-order valence-electron chi connectivity index (χ3n) is 5.68. The second-order valence-electron chi connectivity index (χ2n) is 7.35. The molecule has 1 fully saturated rings. The van der Waals surface area contributed by atoms with Crippen molar-refractivity contribution in [3.8, 4) is 11.3 Å². The number of benzene rings is 1. The van der Waals surface area contributed by atoms with Crippen molar-refractivity contribution < 1.29 is 4.39 Å². The van der Waals surface area contributed by atoms with Gasteiger partial charge >= 0.3 is 0 Å². The zero-order valence-electron chi connectivity index (χ0n) is 14.9. The molecule has 3 aromatic rings. The lowest BCUT2D eigenvalue weighted by molar-refractivity contribution is 0.547. The molecular formula is C20H20FN5. The van der Waals surface area contributed by atoms with E-state index in [-0.39, 0.29) is 5.82 Å². The average molecular weight is 349 g/mol. The van der Waals surface area contributed by atoms with Crippen LogP contribution in [0.1, 0.15) is 22.9 Å². The average Bonchev–Trinajstić information content (AvgIpc) is 3.26. The first-order chi connectivity index (χ1) is 12.6. The fourth-order valence-electron chi connectivity index (χ4n) is 4.46. The summed E-state index contributed by atoms with van der Waals surface area (Å²) in [5.41, 5.74) is 5.28.